The van der Waals surface area contributed by atoms with Crippen molar-refractivity contribution in [1.29, 1.82) is 0 Å². The summed E-state index contributed by atoms with van der Waals surface area (Å²) in [5.74, 6) is -0.326. The van der Waals surface area contributed by atoms with Crippen molar-refractivity contribution in [3.63, 3.8) is 0 Å². The predicted molar refractivity (Wildman–Crippen MR) is 158 cm³/mol. The van der Waals surface area contributed by atoms with E-state index in [1.165, 1.54) is 4.57 Å². The van der Waals surface area contributed by atoms with E-state index in [1.807, 2.05) is 49.4 Å². The van der Waals surface area contributed by atoms with Crippen molar-refractivity contribution >= 4 is 51.8 Å². The molecule has 206 valence electrons. The van der Waals surface area contributed by atoms with Gasteiger partial charge in [-0.2, -0.15) is 0 Å². The van der Waals surface area contributed by atoms with Gasteiger partial charge in [0.25, 0.3) is 11.5 Å². The summed E-state index contributed by atoms with van der Waals surface area (Å²) in [6, 6.07) is 20.7. The average Bonchev–Trinajstić information content (AvgIpc) is 3.47. The number of nitrogens with zero attached hydrogens (tertiary/aromatic N) is 2. The Hall–Kier alpha value is -4.47. The fourth-order valence-corrected chi connectivity index (χ4v) is 6.35. The summed E-state index contributed by atoms with van der Waals surface area (Å²) in [5, 5.41) is 3.25. The van der Waals surface area contributed by atoms with Gasteiger partial charge in [0.15, 0.2) is 4.80 Å². The lowest BCUT2D eigenvalue weighted by Gasteiger charge is -2.26. The van der Waals surface area contributed by atoms with E-state index in [0.29, 0.717) is 50.3 Å². The summed E-state index contributed by atoms with van der Waals surface area (Å²) >= 11 is 7.35. The number of carbonyl (C=O) groups excluding carboxylic acids is 2. The fourth-order valence-electron chi connectivity index (χ4n) is 5.08. The van der Waals surface area contributed by atoms with Crippen molar-refractivity contribution < 1.29 is 19.1 Å². The number of hydrogen-bond acceptors (Lipinski definition) is 7. The van der Waals surface area contributed by atoms with E-state index in [-0.39, 0.29) is 22.3 Å². The van der Waals surface area contributed by atoms with E-state index in [0.717, 1.165) is 11.3 Å². The molecule has 2 aliphatic heterocycles. The molecule has 0 saturated carbocycles. The number of nitrogens with one attached hydrogen (secondary N) is 1. The Bertz CT molecular complexity index is 1910. The van der Waals surface area contributed by atoms with Crippen LogP contribution >= 0.6 is 22.9 Å². The van der Waals surface area contributed by atoms with Crippen LogP contribution in [0, 0.1) is 0 Å². The zero-order chi connectivity index (χ0) is 28.7. The molecule has 1 aromatic heterocycles. The number of hydrogen-bond donors (Lipinski definition) is 1. The number of rotatable bonds is 6. The van der Waals surface area contributed by atoms with E-state index in [9.17, 15) is 14.4 Å². The van der Waals surface area contributed by atoms with E-state index in [4.69, 9.17) is 26.1 Å². The van der Waals surface area contributed by atoms with Gasteiger partial charge in [0, 0.05) is 21.8 Å². The van der Waals surface area contributed by atoms with Crippen LogP contribution in [0.3, 0.4) is 0 Å². The Morgan fingerprint density at radius 1 is 1.02 bits per heavy atom. The molecular weight excluding hydrogens is 562 g/mol. The molecule has 0 radical (unpaired) electrons. The van der Waals surface area contributed by atoms with Gasteiger partial charge in [-0.1, -0.05) is 65.4 Å². The molecule has 10 heteroatoms. The van der Waals surface area contributed by atoms with Gasteiger partial charge in [0.1, 0.15) is 10.3 Å². The molecule has 0 spiro atoms. The van der Waals surface area contributed by atoms with Crippen LogP contribution in [0.15, 0.2) is 88.2 Å². The standard InChI is InChI=1S/C31H24ClN3O5S/c1-3-39-20-13-10-18(11-14-20)26-24(30(38)40-4-2)25(17-8-6-5-7-9-17)34-31-35(26)29(37)27(41-31)23-21-16-19(32)12-15-22(21)33-28(23)36/h5-16,26H,3-4H2,1-2H3,(H,33,36)/b27-23+/t26-/m0/s1. The van der Waals surface area contributed by atoms with Crippen molar-refractivity contribution in [2.75, 3.05) is 18.5 Å². The van der Waals surface area contributed by atoms with Gasteiger partial charge >= 0.3 is 5.97 Å². The molecular formula is C31H24ClN3O5S. The molecule has 4 aromatic rings. The molecule has 0 bridgehead atoms. The van der Waals surface area contributed by atoms with Gasteiger partial charge in [-0.3, -0.25) is 14.2 Å². The highest BCUT2D eigenvalue weighted by molar-refractivity contribution is 7.07. The van der Waals surface area contributed by atoms with Crippen LogP contribution in [-0.4, -0.2) is 29.7 Å². The van der Waals surface area contributed by atoms with Crippen molar-refractivity contribution in [2.45, 2.75) is 19.9 Å². The lowest BCUT2D eigenvalue weighted by atomic mass is 9.93. The maximum atomic E-state index is 14.2. The molecule has 0 saturated heterocycles. The van der Waals surface area contributed by atoms with E-state index < -0.39 is 23.5 Å². The molecule has 1 amide bonds. The molecule has 1 N–H and O–H groups in total. The number of amides is 1. The number of carbonyl (C=O) groups is 2. The first-order chi connectivity index (χ1) is 19.9. The summed E-state index contributed by atoms with van der Waals surface area (Å²) in [7, 11) is 0. The summed E-state index contributed by atoms with van der Waals surface area (Å²) in [6.45, 7) is 4.26. The number of halogens is 1. The topological polar surface area (TPSA) is 99.0 Å². The minimum absolute atomic E-state index is 0.146. The molecule has 3 heterocycles. The van der Waals surface area contributed by atoms with Crippen LogP contribution in [0.4, 0.5) is 5.69 Å². The summed E-state index contributed by atoms with van der Waals surface area (Å²) in [5.41, 5.74) is 2.88. The molecule has 3 aromatic carbocycles. The highest BCUT2D eigenvalue weighted by Crippen LogP contribution is 2.36. The Morgan fingerprint density at radius 2 is 1.78 bits per heavy atom. The van der Waals surface area contributed by atoms with Gasteiger partial charge in [-0.05, 0) is 49.7 Å². The average molecular weight is 586 g/mol. The second-order valence-corrected chi connectivity index (χ2v) is 10.7. The van der Waals surface area contributed by atoms with Crippen LogP contribution in [0.25, 0.3) is 11.3 Å². The van der Waals surface area contributed by atoms with Gasteiger partial charge in [-0.25, -0.2) is 9.79 Å². The van der Waals surface area contributed by atoms with Gasteiger partial charge in [0.2, 0.25) is 0 Å². The predicted octanol–water partition coefficient (Wildman–Crippen LogP) is 4.31. The molecule has 0 unspecified atom stereocenters. The van der Waals surface area contributed by atoms with Crippen molar-refractivity contribution in [2.24, 2.45) is 4.99 Å². The molecule has 41 heavy (non-hydrogen) atoms. The molecule has 0 aliphatic carbocycles. The molecule has 1 atom stereocenters. The van der Waals surface area contributed by atoms with Crippen LogP contribution in [0.1, 0.15) is 36.6 Å². The third kappa shape index (κ3) is 4.67. The smallest absolute Gasteiger partial charge is 0.338 e. The number of ether oxygens (including phenoxy) is 2. The SMILES string of the molecule is CCOC(=O)C1=C(c2ccccc2)N=c2s/c(=C3/C(=O)Nc4ccc(Cl)cc43)c(=O)n2[C@H]1c1ccc(OCC)cc1. The maximum Gasteiger partial charge on any atom is 0.338 e. The Balaban J connectivity index is 1.69. The Labute approximate surface area is 243 Å². The second kappa shape index (κ2) is 10.8. The van der Waals surface area contributed by atoms with Crippen LogP contribution in [0.5, 0.6) is 5.75 Å². The zero-order valence-electron chi connectivity index (χ0n) is 22.1. The van der Waals surface area contributed by atoms with Crippen LogP contribution in [0.2, 0.25) is 5.02 Å². The first-order valence-electron chi connectivity index (χ1n) is 13.1. The third-order valence-corrected chi connectivity index (χ3v) is 8.10. The van der Waals surface area contributed by atoms with Crippen molar-refractivity contribution in [1.82, 2.24) is 4.57 Å². The number of benzene rings is 3. The van der Waals surface area contributed by atoms with E-state index in [1.54, 1.807) is 37.3 Å². The van der Waals surface area contributed by atoms with Gasteiger partial charge in [-0.15, -0.1) is 0 Å². The number of thiazole rings is 1. The molecule has 2 aliphatic rings. The van der Waals surface area contributed by atoms with Crippen LogP contribution in [-0.2, 0) is 14.3 Å². The number of fused-ring (bicyclic) bond motifs is 2. The summed E-state index contributed by atoms with van der Waals surface area (Å²) in [6.07, 6.45) is 0. The number of anilines is 1. The van der Waals surface area contributed by atoms with E-state index >= 15 is 0 Å². The fraction of sp³-hybridized carbons (Fsp3) is 0.161. The molecule has 8 nitrogen and oxygen atoms in total. The minimum Gasteiger partial charge on any atom is -0.494 e. The maximum absolute atomic E-state index is 14.2. The second-order valence-electron chi connectivity index (χ2n) is 9.27. The third-order valence-electron chi connectivity index (χ3n) is 6.81. The Kier molecular flexibility index (Phi) is 7.07. The van der Waals surface area contributed by atoms with Crippen molar-refractivity contribution in [3.8, 4) is 5.75 Å². The van der Waals surface area contributed by atoms with Gasteiger partial charge in [0.05, 0.1) is 36.1 Å². The van der Waals surface area contributed by atoms with E-state index in [2.05, 4.69) is 5.32 Å². The minimum atomic E-state index is -0.867. The number of esters is 1. The molecule has 0 fully saturated rings. The normalized spacial score (nSPS) is 17.0. The quantitative estimate of drug-likeness (QED) is 0.340. The highest BCUT2D eigenvalue weighted by Gasteiger charge is 2.36. The Morgan fingerprint density at radius 3 is 2.49 bits per heavy atom. The summed E-state index contributed by atoms with van der Waals surface area (Å²) < 4.78 is 12.8. The zero-order valence-corrected chi connectivity index (χ0v) is 23.7. The van der Waals surface area contributed by atoms with Crippen molar-refractivity contribution in [3.05, 3.63) is 120 Å². The number of aromatic nitrogens is 1. The first-order valence-corrected chi connectivity index (χ1v) is 14.3. The lowest BCUT2D eigenvalue weighted by molar-refractivity contribution is -0.138. The first kappa shape index (κ1) is 26.7. The molecule has 6 rings (SSSR count). The lowest BCUT2D eigenvalue weighted by Crippen LogP contribution is -2.40. The van der Waals surface area contributed by atoms with Gasteiger partial charge < -0.3 is 14.8 Å². The highest BCUT2D eigenvalue weighted by atomic mass is 35.5. The van der Waals surface area contributed by atoms with Crippen LogP contribution < -0.4 is 24.9 Å². The monoisotopic (exact) mass is 585 g/mol. The summed E-state index contributed by atoms with van der Waals surface area (Å²) in [4.78, 5) is 46.2. The largest absolute Gasteiger partial charge is 0.494 e.